The summed E-state index contributed by atoms with van der Waals surface area (Å²) in [5.41, 5.74) is -0.0871. The summed E-state index contributed by atoms with van der Waals surface area (Å²) in [5, 5.41) is 10.7. The Morgan fingerprint density at radius 2 is 1.89 bits per heavy atom. The molecule has 0 amide bonds. The molecule has 0 aromatic rings. The zero-order chi connectivity index (χ0) is 14.3. The fourth-order valence-electron chi connectivity index (χ4n) is 1.81. The molecule has 2 aliphatic heterocycles. The first-order valence-corrected chi connectivity index (χ1v) is 6.16. The number of allylic oxidation sites excluding steroid dienone is 2. The molecule has 1 fully saturated rings. The molecule has 0 spiro atoms. The van der Waals surface area contributed by atoms with Crippen LogP contribution in [-0.4, -0.2) is 29.1 Å². The highest BCUT2D eigenvalue weighted by Crippen LogP contribution is 2.38. The predicted molar refractivity (Wildman–Crippen MR) is 72.4 cm³/mol. The SMILES string of the molecule is CC1(C)OB(C2=CCC([N+](=O)[O-])=NC=C2)OC1(C)C. The number of nitro groups is 1. The van der Waals surface area contributed by atoms with Gasteiger partial charge in [-0.15, -0.1) is 0 Å². The summed E-state index contributed by atoms with van der Waals surface area (Å²) < 4.78 is 11.8. The van der Waals surface area contributed by atoms with Gasteiger partial charge < -0.3 is 19.4 Å². The Morgan fingerprint density at radius 3 is 2.42 bits per heavy atom. The van der Waals surface area contributed by atoms with Crippen LogP contribution in [0.15, 0.2) is 28.8 Å². The van der Waals surface area contributed by atoms with E-state index in [1.165, 1.54) is 6.20 Å². The topological polar surface area (TPSA) is 74.0 Å². The molecule has 7 heteroatoms. The first-order chi connectivity index (χ1) is 8.73. The van der Waals surface area contributed by atoms with Crippen molar-refractivity contribution in [2.24, 2.45) is 4.99 Å². The van der Waals surface area contributed by atoms with E-state index in [1.54, 1.807) is 12.2 Å². The number of rotatable bonds is 1. The average molecular weight is 264 g/mol. The molecule has 0 aromatic carbocycles. The van der Waals surface area contributed by atoms with Gasteiger partial charge in [-0.1, -0.05) is 11.1 Å². The fraction of sp³-hybridized carbons (Fsp3) is 0.583. The van der Waals surface area contributed by atoms with Crippen molar-refractivity contribution >= 4 is 13.0 Å². The Labute approximate surface area is 112 Å². The van der Waals surface area contributed by atoms with Gasteiger partial charge in [0.1, 0.15) is 6.20 Å². The van der Waals surface area contributed by atoms with E-state index in [0.717, 1.165) is 5.47 Å². The Balaban J connectivity index is 2.16. The lowest BCUT2D eigenvalue weighted by molar-refractivity contribution is -0.352. The van der Waals surface area contributed by atoms with Crippen molar-refractivity contribution in [3.05, 3.63) is 33.9 Å². The molecule has 0 bridgehead atoms. The predicted octanol–water partition coefficient (Wildman–Crippen LogP) is 2.14. The number of hydrogen-bond acceptors (Lipinski definition) is 5. The molecular weight excluding hydrogens is 247 g/mol. The van der Waals surface area contributed by atoms with Crippen LogP contribution in [0.25, 0.3) is 0 Å². The molecule has 0 radical (unpaired) electrons. The normalized spacial score (nSPS) is 24.7. The summed E-state index contributed by atoms with van der Waals surface area (Å²) in [4.78, 5) is 14.0. The molecule has 19 heavy (non-hydrogen) atoms. The summed E-state index contributed by atoms with van der Waals surface area (Å²) in [6.45, 7) is 7.86. The van der Waals surface area contributed by atoms with Crippen LogP contribution in [0, 0.1) is 10.1 Å². The van der Waals surface area contributed by atoms with Crippen molar-refractivity contribution in [1.29, 1.82) is 0 Å². The summed E-state index contributed by atoms with van der Waals surface area (Å²) >= 11 is 0. The van der Waals surface area contributed by atoms with Crippen LogP contribution >= 0.6 is 0 Å². The minimum absolute atomic E-state index is 0.0808. The van der Waals surface area contributed by atoms with E-state index >= 15 is 0 Å². The van der Waals surface area contributed by atoms with E-state index in [-0.39, 0.29) is 12.3 Å². The number of hydrogen-bond donors (Lipinski definition) is 0. The van der Waals surface area contributed by atoms with Crippen molar-refractivity contribution < 1.29 is 14.2 Å². The minimum atomic E-state index is -0.512. The molecule has 2 heterocycles. The standard InChI is InChI=1S/C12H17BN2O4/c1-11(2)12(3,4)19-13(18-11)9-5-6-10(15(16)17)14-8-7-9/h5,7-8H,6H2,1-4H3. The average Bonchev–Trinajstić information content (AvgIpc) is 2.47. The zero-order valence-corrected chi connectivity index (χ0v) is 11.5. The Kier molecular flexibility index (Phi) is 3.36. The number of nitrogens with zero attached hydrogens (tertiary/aromatic N) is 2. The van der Waals surface area contributed by atoms with Gasteiger partial charge in [0.2, 0.25) is 0 Å². The molecule has 0 unspecified atom stereocenters. The lowest BCUT2D eigenvalue weighted by Crippen LogP contribution is -2.41. The third kappa shape index (κ3) is 2.62. The van der Waals surface area contributed by atoms with Crippen molar-refractivity contribution in [3.63, 3.8) is 0 Å². The van der Waals surface area contributed by atoms with Gasteiger partial charge in [0.15, 0.2) is 0 Å². The second-order valence-electron chi connectivity index (χ2n) is 5.61. The van der Waals surface area contributed by atoms with E-state index < -0.39 is 23.2 Å². The van der Waals surface area contributed by atoms with Gasteiger partial charge in [-0.2, -0.15) is 0 Å². The van der Waals surface area contributed by atoms with Crippen LogP contribution in [-0.2, 0) is 9.31 Å². The highest BCUT2D eigenvalue weighted by atomic mass is 16.7. The Morgan fingerprint density at radius 1 is 1.32 bits per heavy atom. The van der Waals surface area contributed by atoms with Crippen molar-refractivity contribution in [1.82, 2.24) is 0 Å². The molecule has 0 aliphatic carbocycles. The molecule has 0 saturated carbocycles. The lowest BCUT2D eigenvalue weighted by atomic mass is 9.77. The Bertz CT molecular complexity index is 478. The summed E-state index contributed by atoms with van der Waals surface area (Å²) in [5.74, 6) is -0.0808. The zero-order valence-electron chi connectivity index (χ0n) is 11.5. The third-order valence-electron chi connectivity index (χ3n) is 3.75. The van der Waals surface area contributed by atoms with E-state index in [2.05, 4.69) is 4.99 Å². The second kappa shape index (κ2) is 4.57. The Hall–Kier alpha value is -1.47. The highest BCUT2D eigenvalue weighted by molar-refractivity contribution is 6.55. The van der Waals surface area contributed by atoms with Gasteiger partial charge in [0, 0.05) is 0 Å². The van der Waals surface area contributed by atoms with Crippen LogP contribution < -0.4 is 0 Å². The van der Waals surface area contributed by atoms with Gasteiger partial charge in [0.25, 0.3) is 0 Å². The van der Waals surface area contributed by atoms with Crippen molar-refractivity contribution in [2.75, 3.05) is 0 Å². The molecule has 2 aliphatic rings. The molecule has 102 valence electrons. The maximum absolute atomic E-state index is 10.7. The minimum Gasteiger partial charge on any atom is -0.399 e. The molecule has 2 rings (SSSR count). The molecule has 6 nitrogen and oxygen atoms in total. The smallest absolute Gasteiger partial charge is 0.399 e. The summed E-state index contributed by atoms with van der Waals surface area (Å²) in [6, 6.07) is 0. The monoisotopic (exact) mass is 264 g/mol. The van der Waals surface area contributed by atoms with Crippen molar-refractivity contribution in [2.45, 2.75) is 45.3 Å². The van der Waals surface area contributed by atoms with E-state index in [9.17, 15) is 10.1 Å². The molecule has 1 saturated heterocycles. The molecule has 0 atom stereocenters. The van der Waals surface area contributed by atoms with Gasteiger partial charge in [-0.05, 0) is 44.2 Å². The molecule has 0 aromatic heterocycles. The van der Waals surface area contributed by atoms with Crippen LogP contribution in [0.1, 0.15) is 34.1 Å². The van der Waals surface area contributed by atoms with Gasteiger partial charge in [-0.25, -0.2) is 0 Å². The van der Waals surface area contributed by atoms with Gasteiger partial charge in [-0.3, -0.25) is 0 Å². The fourth-order valence-corrected chi connectivity index (χ4v) is 1.81. The number of amidine groups is 1. The van der Waals surface area contributed by atoms with Crippen LogP contribution in [0.5, 0.6) is 0 Å². The van der Waals surface area contributed by atoms with Crippen LogP contribution in [0.4, 0.5) is 0 Å². The summed E-state index contributed by atoms with van der Waals surface area (Å²) in [7, 11) is -0.512. The van der Waals surface area contributed by atoms with Gasteiger partial charge in [0.05, 0.1) is 17.6 Å². The maximum Gasteiger partial charge on any atom is 0.494 e. The van der Waals surface area contributed by atoms with Crippen LogP contribution in [0.2, 0.25) is 0 Å². The lowest BCUT2D eigenvalue weighted by Gasteiger charge is -2.32. The second-order valence-corrected chi connectivity index (χ2v) is 5.61. The first-order valence-electron chi connectivity index (χ1n) is 6.16. The van der Waals surface area contributed by atoms with E-state index in [4.69, 9.17) is 9.31 Å². The highest BCUT2D eigenvalue weighted by Gasteiger charge is 2.52. The largest absolute Gasteiger partial charge is 0.494 e. The van der Waals surface area contributed by atoms with Crippen LogP contribution in [0.3, 0.4) is 0 Å². The first kappa shape index (κ1) is 14.0. The van der Waals surface area contributed by atoms with Crippen molar-refractivity contribution in [3.8, 4) is 0 Å². The third-order valence-corrected chi connectivity index (χ3v) is 3.75. The summed E-state index contributed by atoms with van der Waals surface area (Å²) in [6.07, 6.45) is 5.01. The maximum atomic E-state index is 10.7. The van der Waals surface area contributed by atoms with E-state index in [1.807, 2.05) is 27.7 Å². The molecule has 0 N–H and O–H groups in total. The molecular formula is C12H17BN2O4. The van der Waals surface area contributed by atoms with Gasteiger partial charge >= 0.3 is 13.0 Å². The number of aliphatic imine (C=N–C) groups is 1. The van der Waals surface area contributed by atoms with E-state index in [0.29, 0.717) is 0 Å². The quantitative estimate of drug-likeness (QED) is 0.413.